The maximum Gasteiger partial charge on any atom is 0.490 e. The Morgan fingerprint density at radius 2 is 1.97 bits per heavy atom. The fourth-order valence-electron chi connectivity index (χ4n) is 3.54. The molecule has 32 heavy (non-hydrogen) atoms. The van der Waals surface area contributed by atoms with Crippen molar-refractivity contribution in [2.45, 2.75) is 44.4 Å². The van der Waals surface area contributed by atoms with Crippen LogP contribution in [0.2, 0.25) is 0 Å². The van der Waals surface area contributed by atoms with Crippen molar-refractivity contribution in [1.82, 2.24) is 20.6 Å². The van der Waals surface area contributed by atoms with Crippen LogP contribution in [0.15, 0.2) is 30.6 Å². The van der Waals surface area contributed by atoms with Crippen LogP contribution in [0.5, 0.6) is 0 Å². The molecule has 1 aromatic carbocycles. The second-order valence-electron chi connectivity index (χ2n) is 7.73. The Morgan fingerprint density at radius 1 is 1.22 bits per heavy atom. The summed E-state index contributed by atoms with van der Waals surface area (Å²) in [6.07, 6.45) is 1.27. The average molecular weight is 451 g/mol. The Bertz CT molecular complexity index is 960. The number of amides is 1. The highest BCUT2D eigenvalue weighted by Gasteiger charge is 2.38. The van der Waals surface area contributed by atoms with Gasteiger partial charge in [0.25, 0.3) is 5.91 Å². The van der Waals surface area contributed by atoms with Crippen molar-refractivity contribution in [1.29, 1.82) is 0 Å². The number of carboxylic acids is 1. The molecule has 11 heteroatoms. The standard InChI is InChI=1S/C19H23N5O.C2HF3O2/c1-12-7-14-8-13(4-5-16(14)23-12)17-10-22-18(11-21-17)19(25)24-15-3-2-6-20-9-15;3-2(4,5)1(6)7/h4-5,8,10-12,15,20,23H,2-3,6-7,9H2,1H3,(H,24,25);(H,6,7)/t12-,15?;/m0./s1. The van der Waals surface area contributed by atoms with Crippen LogP contribution in [-0.2, 0) is 11.2 Å². The lowest BCUT2D eigenvalue weighted by Crippen LogP contribution is -2.45. The van der Waals surface area contributed by atoms with Gasteiger partial charge in [0.05, 0.1) is 18.1 Å². The number of aromatic nitrogens is 2. The molecule has 8 nitrogen and oxygen atoms in total. The number of nitrogens with one attached hydrogen (secondary N) is 3. The SMILES string of the molecule is C[C@H]1Cc2cc(-c3cnc(C(=O)NC4CCCNC4)cn3)ccc2N1.O=C(O)C(F)(F)F. The van der Waals surface area contributed by atoms with Gasteiger partial charge >= 0.3 is 12.1 Å². The normalized spacial score (nSPS) is 19.8. The molecule has 1 amide bonds. The van der Waals surface area contributed by atoms with Crippen molar-refractivity contribution in [2.75, 3.05) is 18.4 Å². The third-order valence-corrected chi connectivity index (χ3v) is 5.09. The van der Waals surface area contributed by atoms with E-state index in [1.54, 1.807) is 12.4 Å². The number of benzene rings is 1. The summed E-state index contributed by atoms with van der Waals surface area (Å²) in [5, 5.41) is 16.9. The first-order chi connectivity index (χ1) is 15.1. The van der Waals surface area contributed by atoms with Gasteiger partial charge in [-0.1, -0.05) is 6.07 Å². The zero-order chi connectivity index (χ0) is 23.3. The summed E-state index contributed by atoms with van der Waals surface area (Å²) in [5.74, 6) is -2.91. The highest BCUT2D eigenvalue weighted by atomic mass is 19.4. The Hall–Kier alpha value is -3.21. The van der Waals surface area contributed by atoms with Gasteiger partial charge in [-0.15, -0.1) is 0 Å². The molecule has 3 heterocycles. The van der Waals surface area contributed by atoms with Crippen LogP contribution in [-0.4, -0.2) is 58.3 Å². The summed E-state index contributed by atoms with van der Waals surface area (Å²) < 4.78 is 31.7. The monoisotopic (exact) mass is 451 g/mol. The smallest absolute Gasteiger partial charge is 0.475 e. The van der Waals surface area contributed by atoms with Crippen LogP contribution in [0, 0.1) is 0 Å². The van der Waals surface area contributed by atoms with E-state index in [1.807, 2.05) is 6.07 Å². The van der Waals surface area contributed by atoms with Crippen molar-refractivity contribution in [3.05, 3.63) is 41.9 Å². The largest absolute Gasteiger partial charge is 0.490 e. The maximum atomic E-state index is 12.3. The molecule has 2 atom stereocenters. The third kappa shape index (κ3) is 6.16. The number of alkyl halides is 3. The van der Waals surface area contributed by atoms with E-state index in [4.69, 9.17) is 9.90 Å². The summed E-state index contributed by atoms with van der Waals surface area (Å²) in [6, 6.07) is 6.93. The number of hydrogen-bond acceptors (Lipinski definition) is 6. The first-order valence-corrected chi connectivity index (χ1v) is 10.2. The topological polar surface area (TPSA) is 116 Å². The minimum Gasteiger partial charge on any atom is -0.475 e. The summed E-state index contributed by atoms with van der Waals surface area (Å²) in [5.41, 5.74) is 4.69. The number of nitrogens with zero attached hydrogens (tertiary/aromatic N) is 2. The Kier molecular flexibility index (Phi) is 7.29. The molecule has 2 aromatic rings. The van der Waals surface area contributed by atoms with Gasteiger partial charge in [-0.3, -0.25) is 9.78 Å². The van der Waals surface area contributed by atoms with E-state index in [0.29, 0.717) is 11.7 Å². The van der Waals surface area contributed by atoms with Gasteiger partial charge in [-0.2, -0.15) is 13.2 Å². The highest BCUT2D eigenvalue weighted by Crippen LogP contribution is 2.29. The van der Waals surface area contributed by atoms with Crippen molar-refractivity contribution < 1.29 is 27.9 Å². The van der Waals surface area contributed by atoms with Gasteiger partial charge in [-0.25, -0.2) is 9.78 Å². The molecule has 0 radical (unpaired) electrons. The fraction of sp³-hybridized carbons (Fsp3) is 0.429. The van der Waals surface area contributed by atoms with E-state index >= 15 is 0 Å². The van der Waals surface area contributed by atoms with Crippen molar-refractivity contribution in [3.63, 3.8) is 0 Å². The maximum absolute atomic E-state index is 12.3. The van der Waals surface area contributed by atoms with Crippen molar-refractivity contribution in [2.24, 2.45) is 0 Å². The lowest BCUT2D eigenvalue weighted by molar-refractivity contribution is -0.192. The van der Waals surface area contributed by atoms with Gasteiger partial charge < -0.3 is 21.1 Å². The first kappa shape index (κ1) is 23.5. The first-order valence-electron chi connectivity index (χ1n) is 10.2. The van der Waals surface area contributed by atoms with Crippen LogP contribution in [0.4, 0.5) is 18.9 Å². The number of carboxylic acid groups (broad SMARTS) is 1. The molecular weight excluding hydrogens is 427 g/mol. The van der Waals surface area contributed by atoms with E-state index in [2.05, 4.69) is 45.0 Å². The van der Waals surface area contributed by atoms with Crippen LogP contribution < -0.4 is 16.0 Å². The minimum atomic E-state index is -5.08. The molecule has 0 spiro atoms. The predicted molar refractivity (Wildman–Crippen MR) is 111 cm³/mol. The molecule has 1 unspecified atom stereocenters. The van der Waals surface area contributed by atoms with E-state index in [9.17, 15) is 18.0 Å². The molecule has 0 bridgehead atoms. The number of carbonyl (C=O) groups is 2. The number of hydrogen-bond donors (Lipinski definition) is 4. The summed E-state index contributed by atoms with van der Waals surface area (Å²) in [6.45, 7) is 4.02. The number of halogens is 3. The third-order valence-electron chi connectivity index (χ3n) is 5.09. The molecule has 1 saturated heterocycles. The quantitative estimate of drug-likeness (QED) is 0.567. The number of piperidine rings is 1. The number of carbonyl (C=O) groups excluding carboxylic acids is 1. The van der Waals surface area contributed by atoms with Crippen LogP contribution in [0.25, 0.3) is 11.3 Å². The minimum absolute atomic E-state index is 0.153. The molecule has 4 N–H and O–H groups in total. The van der Waals surface area contributed by atoms with E-state index in [-0.39, 0.29) is 11.9 Å². The van der Waals surface area contributed by atoms with Gasteiger partial charge in [0.1, 0.15) is 5.69 Å². The Labute approximate surface area is 182 Å². The molecule has 1 fully saturated rings. The van der Waals surface area contributed by atoms with E-state index < -0.39 is 12.1 Å². The summed E-state index contributed by atoms with van der Waals surface area (Å²) in [7, 11) is 0. The Morgan fingerprint density at radius 3 is 2.56 bits per heavy atom. The second kappa shape index (κ2) is 9.94. The number of anilines is 1. The molecule has 0 saturated carbocycles. The van der Waals surface area contributed by atoms with Crippen LogP contribution >= 0.6 is 0 Å². The lowest BCUT2D eigenvalue weighted by atomic mass is 10.1. The van der Waals surface area contributed by atoms with Gasteiger partial charge in [0, 0.05) is 29.9 Å². The lowest BCUT2D eigenvalue weighted by Gasteiger charge is -2.23. The predicted octanol–water partition coefficient (Wildman–Crippen LogP) is 2.62. The molecule has 4 rings (SSSR count). The number of rotatable bonds is 3. The summed E-state index contributed by atoms with van der Waals surface area (Å²) >= 11 is 0. The van der Waals surface area contributed by atoms with Gasteiger partial charge in [-0.05, 0) is 50.4 Å². The zero-order valence-corrected chi connectivity index (χ0v) is 17.4. The second-order valence-corrected chi connectivity index (χ2v) is 7.73. The summed E-state index contributed by atoms with van der Waals surface area (Å²) in [4.78, 5) is 30.0. The van der Waals surface area contributed by atoms with Crippen molar-refractivity contribution in [3.8, 4) is 11.3 Å². The zero-order valence-electron chi connectivity index (χ0n) is 17.4. The molecule has 2 aliphatic rings. The number of fused-ring (bicyclic) bond motifs is 1. The Balaban J connectivity index is 0.000000360. The molecule has 1 aromatic heterocycles. The fourth-order valence-corrected chi connectivity index (χ4v) is 3.54. The van der Waals surface area contributed by atoms with Gasteiger partial charge in [0.15, 0.2) is 0 Å². The van der Waals surface area contributed by atoms with Crippen LogP contribution in [0.1, 0.15) is 35.8 Å². The van der Waals surface area contributed by atoms with E-state index in [1.165, 1.54) is 11.3 Å². The van der Waals surface area contributed by atoms with Gasteiger partial charge in [0.2, 0.25) is 0 Å². The highest BCUT2D eigenvalue weighted by molar-refractivity contribution is 5.92. The molecule has 2 aliphatic heterocycles. The van der Waals surface area contributed by atoms with Crippen molar-refractivity contribution >= 4 is 17.6 Å². The van der Waals surface area contributed by atoms with Crippen LogP contribution in [0.3, 0.4) is 0 Å². The van der Waals surface area contributed by atoms with E-state index in [0.717, 1.165) is 43.6 Å². The molecule has 0 aliphatic carbocycles. The average Bonchev–Trinajstić information content (AvgIpc) is 3.13. The molecule has 172 valence electrons. The number of aliphatic carboxylic acids is 1. The molecular formula is C21H24F3N5O3.